The van der Waals surface area contributed by atoms with Gasteiger partial charge < -0.3 is 15.0 Å². The fourth-order valence-electron chi connectivity index (χ4n) is 0.876. The predicted molar refractivity (Wildman–Crippen MR) is 44.1 cm³/mol. The molecular formula is C6H13ClN2O2. The highest BCUT2D eigenvalue weighted by Gasteiger charge is 2.20. The zero-order valence-corrected chi connectivity index (χ0v) is 7.32. The van der Waals surface area contributed by atoms with Crippen molar-refractivity contribution in [3.05, 3.63) is 0 Å². The van der Waals surface area contributed by atoms with E-state index in [1.165, 1.54) is 0 Å². The van der Waals surface area contributed by atoms with Gasteiger partial charge in [0.05, 0.1) is 6.54 Å². The van der Waals surface area contributed by atoms with E-state index in [0.717, 1.165) is 19.6 Å². The number of rotatable bonds is 3. The summed E-state index contributed by atoms with van der Waals surface area (Å²) in [5.74, 6) is 0. The average molecular weight is 181 g/mol. The van der Waals surface area contributed by atoms with Crippen molar-refractivity contribution in [2.75, 3.05) is 33.3 Å². The average Bonchev–Trinajstić information content (AvgIpc) is 2.31. The molecule has 66 valence electrons. The number of nitrogens with one attached hydrogen (secondary N) is 1. The van der Waals surface area contributed by atoms with E-state index in [1.54, 1.807) is 4.90 Å². The molecule has 11 heavy (non-hydrogen) atoms. The Kier molecular flexibility index (Phi) is 4.98. The lowest BCUT2D eigenvalue weighted by atomic mass is 10.5. The van der Waals surface area contributed by atoms with Crippen LogP contribution in [0.4, 0.5) is 4.79 Å². The third kappa shape index (κ3) is 2.95. The highest BCUT2D eigenvalue weighted by molar-refractivity contribution is 5.85. The second-order valence-electron chi connectivity index (χ2n) is 2.20. The van der Waals surface area contributed by atoms with E-state index in [9.17, 15) is 4.79 Å². The van der Waals surface area contributed by atoms with Crippen molar-refractivity contribution in [3.8, 4) is 0 Å². The van der Waals surface area contributed by atoms with Gasteiger partial charge >= 0.3 is 6.09 Å². The number of carbonyl (C=O) groups excluding carboxylic acids is 1. The number of hydrogen-bond acceptors (Lipinski definition) is 3. The first-order valence-corrected chi connectivity index (χ1v) is 3.41. The molecule has 0 aliphatic carbocycles. The Morgan fingerprint density at radius 2 is 2.45 bits per heavy atom. The minimum Gasteiger partial charge on any atom is -0.448 e. The first-order chi connectivity index (χ1) is 4.84. The Balaban J connectivity index is 0.000001000. The van der Waals surface area contributed by atoms with Gasteiger partial charge in [-0.2, -0.15) is 0 Å². The van der Waals surface area contributed by atoms with Crippen molar-refractivity contribution in [2.24, 2.45) is 0 Å². The largest absolute Gasteiger partial charge is 0.448 e. The van der Waals surface area contributed by atoms with Crippen molar-refractivity contribution >= 4 is 18.5 Å². The van der Waals surface area contributed by atoms with Gasteiger partial charge in [0, 0.05) is 13.1 Å². The first-order valence-electron chi connectivity index (χ1n) is 3.41. The van der Waals surface area contributed by atoms with Gasteiger partial charge in [-0.05, 0) is 7.05 Å². The molecule has 4 nitrogen and oxygen atoms in total. The summed E-state index contributed by atoms with van der Waals surface area (Å²) >= 11 is 0. The predicted octanol–water partition coefficient (Wildman–Crippen LogP) is 0.0798. The SMILES string of the molecule is CNCCN1CCOC1=O.Cl. The van der Waals surface area contributed by atoms with Crippen molar-refractivity contribution < 1.29 is 9.53 Å². The van der Waals surface area contributed by atoms with Gasteiger partial charge in [0.15, 0.2) is 0 Å². The molecule has 0 aromatic carbocycles. The quantitative estimate of drug-likeness (QED) is 0.669. The van der Waals surface area contributed by atoms with Crippen molar-refractivity contribution in [1.29, 1.82) is 0 Å². The highest BCUT2D eigenvalue weighted by atomic mass is 35.5. The minimum absolute atomic E-state index is 0. The molecule has 1 aliphatic heterocycles. The summed E-state index contributed by atoms with van der Waals surface area (Å²) in [7, 11) is 1.86. The smallest absolute Gasteiger partial charge is 0.409 e. The summed E-state index contributed by atoms with van der Waals surface area (Å²) in [4.78, 5) is 12.4. The monoisotopic (exact) mass is 180 g/mol. The number of cyclic esters (lactones) is 1. The number of ether oxygens (including phenoxy) is 1. The van der Waals surface area contributed by atoms with Crippen LogP contribution in [0.1, 0.15) is 0 Å². The molecule has 0 bridgehead atoms. The third-order valence-corrected chi connectivity index (χ3v) is 1.48. The molecule has 0 saturated carbocycles. The third-order valence-electron chi connectivity index (χ3n) is 1.48. The lowest BCUT2D eigenvalue weighted by Crippen LogP contribution is -2.31. The molecule has 0 aromatic heterocycles. The van der Waals surface area contributed by atoms with E-state index in [1.807, 2.05) is 7.05 Å². The second-order valence-corrected chi connectivity index (χ2v) is 2.20. The maximum Gasteiger partial charge on any atom is 0.409 e. The summed E-state index contributed by atoms with van der Waals surface area (Å²) in [6.45, 7) is 2.85. The van der Waals surface area contributed by atoms with Crippen LogP contribution in [0.15, 0.2) is 0 Å². The molecular weight excluding hydrogens is 168 g/mol. The summed E-state index contributed by atoms with van der Waals surface area (Å²) in [5, 5.41) is 2.97. The van der Waals surface area contributed by atoms with Gasteiger partial charge in [0.1, 0.15) is 6.61 Å². The summed E-state index contributed by atoms with van der Waals surface area (Å²) < 4.78 is 4.72. The molecule has 0 atom stereocenters. The standard InChI is InChI=1S/C6H12N2O2.ClH/c1-7-2-3-8-4-5-10-6(8)9;/h7H,2-5H2,1H3;1H. The molecule has 1 fully saturated rings. The molecule has 1 N–H and O–H groups in total. The highest BCUT2D eigenvalue weighted by Crippen LogP contribution is 2.00. The molecule has 0 unspecified atom stereocenters. The molecule has 5 heteroatoms. The van der Waals surface area contributed by atoms with Crippen LogP contribution in [0.3, 0.4) is 0 Å². The van der Waals surface area contributed by atoms with E-state index in [-0.39, 0.29) is 18.5 Å². The second kappa shape index (κ2) is 5.21. The normalized spacial score (nSPS) is 16.1. The van der Waals surface area contributed by atoms with Gasteiger partial charge in [-0.3, -0.25) is 0 Å². The van der Waals surface area contributed by atoms with Gasteiger partial charge in [-0.1, -0.05) is 0 Å². The van der Waals surface area contributed by atoms with Crippen LogP contribution in [0.2, 0.25) is 0 Å². The Hall–Kier alpha value is -0.480. The number of amides is 1. The number of hydrogen-bond donors (Lipinski definition) is 1. The van der Waals surface area contributed by atoms with E-state index in [4.69, 9.17) is 4.74 Å². The van der Waals surface area contributed by atoms with Gasteiger partial charge in [0.25, 0.3) is 0 Å². The fourth-order valence-corrected chi connectivity index (χ4v) is 0.876. The van der Waals surface area contributed by atoms with Crippen LogP contribution < -0.4 is 5.32 Å². The maximum absolute atomic E-state index is 10.8. The van der Waals surface area contributed by atoms with Gasteiger partial charge in [0.2, 0.25) is 0 Å². The van der Waals surface area contributed by atoms with Gasteiger partial charge in [-0.25, -0.2) is 4.79 Å². The summed E-state index contributed by atoms with van der Waals surface area (Å²) in [5.41, 5.74) is 0. The van der Waals surface area contributed by atoms with Crippen LogP contribution >= 0.6 is 12.4 Å². The summed E-state index contributed by atoms with van der Waals surface area (Å²) in [6.07, 6.45) is -0.185. The van der Waals surface area contributed by atoms with Crippen molar-refractivity contribution in [1.82, 2.24) is 10.2 Å². The molecule has 1 rings (SSSR count). The van der Waals surface area contributed by atoms with E-state index in [0.29, 0.717) is 6.61 Å². The van der Waals surface area contributed by atoms with E-state index < -0.39 is 0 Å². The molecule has 1 amide bonds. The molecule has 1 aliphatic rings. The molecule has 1 heterocycles. The number of nitrogens with zero attached hydrogens (tertiary/aromatic N) is 1. The van der Waals surface area contributed by atoms with Crippen molar-refractivity contribution in [2.45, 2.75) is 0 Å². The zero-order chi connectivity index (χ0) is 7.40. The number of carbonyl (C=O) groups is 1. The maximum atomic E-state index is 10.8. The van der Waals surface area contributed by atoms with Crippen LogP contribution in [-0.2, 0) is 4.74 Å². The lowest BCUT2D eigenvalue weighted by Gasteiger charge is -2.10. The molecule has 0 aromatic rings. The van der Waals surface area contributed by atoms with E-state index >= 15 is 0 Å². The zero-order valence-electron chi connectivity index (χ0n) is 6.50. The fraction of sp³-hybridized carbons (Fsp3) is 0.833. The Morgan fingerprint density at radius 3 is 2.91 bits per heavy atom. The number of likely N-dealkylation sites (N-methyl/N-ethyl adjacent to an activating group) is 1. The summed E-state index contributed by atoms with van der Waals surface area (Å²) in [6, 6.07) is 0. The first kappa shape index (κ1) is 10.5. The number of halogens is 1. The van der Waals surface area contributed by atoms with Crippen LogP contribution in [0, 0.1) is 0 Å². The van der Waals surface area contributed by atoms with Crippen molar-refractivity contribution in [3.63, 3.8) is 0 Å². The molecule has 0 radical (unpaired) electrons. The Labute approximate surface area is 72.3 Å². The van der Waals surface area contributed by atoms with E-state index in [2.05, 4.69) is 5.32 Å². The van der Waals surface area contributed by atoms with Crippen LogP contribution in [-0.4, -0.2) is 44.3 Å². The topological polar surface area (TPSA) is 41.6 Å². The van der Waals surface area contributed by atoms with Gasteiger partial charge in [-0.15, -0.1) is 12.4 Å². The van der Waals surface area contributed by atoms with Crippen LogP contribution in [0.25, 0.3) is 0 Å². The van der Waals surface area contributed by atoms with Crippen LogP contribution in [0.5, 0.6) is 0 Å². The Bertz CT molecular complexity index is 132. The Morgan fingerprint density at radius 1 is 1.73 bits per heavy atom. The molecule has 0 spiro atoms. The lowest BCUT2D eigenvalue weighted by molar-refractivity contribution is 0.158. The minimum atomic E-state index is -0.185. The molecule has 1 saturated heterocycles.